The number of phenols is 1. The van der Waals surface area contributed by atoms with Crippen molar-refractivity contribution in [3.63, 3.8) is 0 Å². The molecule has 1 aromatic carbocycles. The fourth-order valence-corrected chi connectivity index (χ4v) is 3.18. The number of benzene rings is 1. The number of fused-ring (bicyclic) bond motifs is 1. The summed E-state index contributed by atoms with van der Waals surface area (Å²) in [7, 11) is 1.89. The van der Waals surface area contributed by atoms with E-state index in [9.17, 15) is 5.11 Å². The van der Waals surface area contributed by atoms with Gasteiger partial charge in [0.1, 0.15) is 17.1 Å². The van der Waals surface area contributed by atoms with Crippen LogP contribution in [0.3, 0.4) is 0 Å². The minimum atomic E-state index is 0.179. The van der Waals surface area contributed by atoms with Crippen LogP contribution in [0.1, 0.15) is 0 Å². The largest absolute Gasteiger partial charge is 0.507 e. The molecule has 0 spiro atoms. The van der Waals surface area contributed by atoms with Gasteiger partial charge in [-0.3, -0.25) is 0 Å². The van der Waals surface area contributed by atoms with Crippen LogP contribution in [0.15, 0.2) is 28.9 Å². The van der Waals surface area contributed by atoms with E-state index in [4.69, 9.17) is 4.74 Å². The molecule has 0 bridgehead atoms. The van der Waals surface area contributed by atoms with Gasteiger partial charge < -0.3 is 19.3 Å². The van der Waals surface area contributed by atoms with Gasteiger partial charge in [0.2, 0.25) is 5.95 Å². The molecule has 3 heterocycles. The molecular weight excluding hydrogens is 374 g/mol. The fraction of sp³-hybridized carbons (Fsp3) is 0.312. The normalized spacial score (nSPS) is 15.2. The maximum atomic E-state index is 10.2. The summed E-state index contributed by atoms with van der Waals surface area (Å²) in [6.07, 6.45) is 1.73. The number of phenolic OH excluding ortho intramolecular Hbond substituents is 1. The van der Waals surface area contributed by atoms with Crippen LogP contribution in [0.5, 0.6) is 5.75 Å². The lowest BCUT2D eigenvalue weighted by molar-refractivity contribution is 0.122. The Kier molecular flexibility index (Phi) is 3.85. The zero-order chi connectivity index (χ0) is 16.7. The molecule has 4 rings (SSSR count). The van der Waals surface area contributed by atoms with Crippen molar-refractivity contribution in [3.05, 3.63) is 28.9 Å². The Labute approximate surface area is 147 Å². The van der Waals surface area contributed by atoms with Crippen LogP contribution in [-0.4, -0.2) is 50.9 Å². The number of hydrogen-bond acceptors (Lipinski definition) is 6. The third-order valence-electron chi connectivity index (χ3n) is 4.09. The van der Waals surface area contributed by atoms with Gasteiger partial charge in [0.15, 0.2) is 5.65 Å². The molecule has 0 radical (unpaired) electrons. The number of anilines is 1. The third-order valence-corrected chi connectivity index (χ3v) is 4.59. The number of halogens is 1. The summed E-state index contributed by atoms with van der Waals surface area (Å²) in [5.74, 6) is 1.51. The molecule has 8 heteroatoms. The number of imidazole rings is 1. The van der Waals surface area contributed by atoms with Gasteiger partial charge in [0, 0.05) is 24.6 Å². The number of aromatic nitrogens is 4. The number of nitrogens with zero attached hydrogens (tertiary/aromatic N) is 5. The first-order chi connectivity index (χ1) is 11.6. The molecule has 0 saturated carbocycles. The fourth-order valence-electron chi connectivity index (χ4n) is 2.82. The van der Waals surface area contributed by atoms with Crippen LogP contribution in [0, 0.1) is 0 Å². The summed E-state index contributed by atoms with van der Waals surface area (Å²) >= 11 is 3.43. The van der Waals surface area contributed by atoms with E-state index in [0.717, 1.165) is 23.2 Å². The minimum Gasteiger partial charge on any atom is -0.507 e. The first-order valence-electron chi connectivity index (χ1n) is 7.64. The Morgan fingerprint density at radius 3 is 2.79 bits per heavy atom. The van der Waals surface area contributed by atoms with Crippen molar-refractivity contribution >= 4 is 33.0 Å². The molecule has 0 amide bonds. The topological polar surface area (TPSA) is 76.3 Å². The summed E-state index contributed by atoms with van der Waals surface area (Å²) < 4.78 is 8.13. The molecule has 0 atom stereocenters. The van der Waals surface area contributed by atoms with Crippen molar-refractivity contribution in [3.8, 4) is 17.1 Å². The Balaban J connectivity index is 1.81. The lowest BCUT2D eigenvalue weighted by Gasteiger charge is -2.26. The molecule has 1 aliphatic rings. The molecule has 7 nitrogen and oxygen atoms in total. The monoisotopic (exact) mass is 389 g/mol. The van der Waals surface area contributed by atoms with Crippen molar-refractivity contribution in [1.82, 2.24) is 19.5 Å². The lowest BCUT2D eigenvalue weighted by atomic mass is 10.2. The standard InChI is InChI=1S/C16H16BrN5O2/c1-21-14(11-8-10(17)2-3-13(11)23)19-12-9-18-16(20-15(12)21)22-4-6-24-7-5-22/h2-3,8-9,23H,4-7H2,1H3. The van der Waals surface area contributed by atoms with Crippen LogP contribution in [0.2, 0.25) is 0 Å². The summed E-state index contributed by atoms with van der Waals surface area (Å²) in [4.78, 5) is 15.8. The van der Waals surface area contributed by atoms with Gasteiger partial charge in [-0.05, 0) is 18.2 Å². The van der Waals surface area contributed by atoms with Crippen LogP contribution < -0.4 is 4.90 Å². The van der Waals surface area contributed by atoms with E-state index in [-0.39, 0.29) is 5.75 Å². The molecule has 2 aromatic heterocycles. The predicted octanol–water partition coefficient (Wildman–Crippen LogP) is 2.33. The van der Waals surface area contributed by atoms with Crippen molar-refractivity contribution in [2.45, 2.75) is 0 Å². The van der Waals surface area contributed by atoms with Crippen LogP contribution >= 0.6 is 15.9 Å². The molecular formula is C16H16BrN5O2. The molecule has 1 fully saturated rings. The van der Waals surface area contributed by atoms with Crippen LogP contribution in [-0.2, 0) is 11.8 Å². The van der Waals surface area contributed by atoms with Crippen molar-refractivity contribution in [2.75, 3.05) is 31.2 Å². The maximum Gasteiger partial charge on any atom is 0.227 e. The van der Waals surface area contributed by atoms with Crippen molar-refractivity contribution in [1.29, 1.82) is 0 Å². The molecule has 24 heavy (non-hydrogen) atoms. The van der Waals surface area contributed by atoms with Gasteiger partial charge in [-0.1, -0.05) is 15.9 Å². The van der Waals surface area contributed by atoms with E-state index in [2.05, 4.69) is 35.8 Å². The van der Waals surface area contributed by atoms with E-state index in [1.54, 1.807) is 18.3 Å². The average Bonchev–Trinajstić information content (AvgIpc) is 2.94. The number of rotatable bonds is 2. The quantitative estimate of drug-likeness (QED) is 0.724. The zero-order valence-electron chi connectivity index (χ0n) is 13.1. The summed E-state index contributed by atoms with van der Waals surface area (Å²) in [5.41, 5.74) is 2.09. The second kappa shape index (κ2) is 6.03. The molecule has 1 N–H and O–H groups in total. The predicted molar refractivity (Wildman–Crippen MR) is 94.1 cm³/mol. The van der Waals surface area contributed by atoms with Gasteiger partial charge in [0.05, 0.1) is 25.0 Å². The van der Waals surface area contributed by atoms with E-state index in [1.165, 1.54) is 0 Å². The van der Waals surface area contributed by atoms with Gasteiger partial charge in [-0.15, -0.1) is 0 Å². The van der Waals surface area contributed by atoms with E-state index < -0.39 is 0 Å². The molecule has 124 valence electrons. The Bertz CT molecular complexity index is 905. The van der Waals surface area contributed by atoms with E-state index >= 15 is 0 Å². The number of morpholine rings is 1. The Morgan fingerprint density at radius 2 is 2.00 bits per heavy atom. The number of aromatic hydroxyl groups is 1. The molecule has 1 saturated heterocycles. The smallest absolute Gasteiger partial charge is 0.227 e. The molecule has 1 aliphatic heterocycles. The summed E-state index contributed by atoms with van der Waals surface area (Å²) in [6, 6.07) is 5.27. The van der Waals surface area contributed by atoms with Gasteiger partial charge in [-0.2, -0.15) is 4.98 Å². The number of aryl methyl sites for hydroxylation is 1. The Morgan fingerprint density at radius 1 is 1.21 bits per heavy atom. The van der Waals surface area contributed by atoms with Gasteiger partial charge >= 0.3 is 0 Å². The third kappa shape index (κ3) is 2.61. The minimum absolute atomic E-state index is 0.179. The molecule has 3 aromatic rings. The first kappa shape index (κ1) is 15.3. The lowest BCUT2D eigenvalue weighted by Crippen LogP contribution is -2.37. The second-order valence-corrected chi connectivity index (χ2v) is 6.55. The molecule has 0 unspecified atom stereocenters. The molecule has 0 aliphatic carbocycles. The van der Waals surface area contributed by atoms with Crippen molar-refractivity contribution in [2.24, 2.45) is 7.05 Å². The average molecular weight is 390 g/mol. The van der Waals surface area contributed by atoms with Gasteiger partial charge in [-0.25, -0.2) is 9.97 Å². The Hall–Kier alpha value is -2.19. The first-order valence-corrected chi connectivity index (χ1v) is 8.44. The highest BCUT2D eigenvalue weighted by Gasteiger charge is 2.18. The SMILES string of the molecule is Cn1c(-c2cc(Br)ccc2O)nc2cnc(N3CCOCC3)nc21. The highest BCUT2D eigenvalue weighted by Crippen LogP contribution is 2.32. The van der Waals surface area contributed by atoms with E-state index in [0.29, 0.717) is 36.1 Å². The summed E-state index contributed by atoms with van der Waals surface area (Å²) in [6.45, 7) is 2.93. The van der Waals surface area contributed by atoms with Crippen LogP contribution in [0.4, 0.5) is 5.95 Å². The zero-order valence-corrected chi connectivity index (χ0v) is 14.7. The van der Waals surface area contributed by atoms with Crippen molar-refractivity contribution < 1.29 is 9.84 Å². The second-order valence-electron chi connectivity index (χ2n) is 5.63. The van der Waals surface area contributed by atoms with Crippen LogP contribution in [0.25, 0.3) is 22.6 Å². The maximum absolute atomic E-state index is 10.2. The highest BCUT2D eigenvalue weighted by atomic mass is 79.9. The number of hydrogen-bond donors (Lipinski definition) is 1. The highest BCUT2D eigenvalue weighted by molar-refractivity contribution is 9.10. The number of ether oxygens (including phenoxy) is 1. The van der Waals surface area contributed by atoms with E-state index in [1.807, 2.05) is 17.7 Å². The summed E-state index contributed by atoms with van der Waals surface area (Å²) in [5, 5.41) is 10.2. The van der Waals surface area contributed by atoms with Gasteiger partial charge in [0.25, 0.3) is 0 Å².